The van der Waals surface area contributed by atoms with Crippen molar-refractivity contribution in [2.45, 2.75) is 39.3 Å². The number of nitrogens with one attached hydrogen (secondary N) is 2. The molecule has 26 heavy (non-hydrogen) atoms. The number of esters is 1. The van der Waals surface area contributed by atoms with Crippen LogP contribution in [0.2, 0.25) is 10.0 Å². The first kappa shape index (κ1) is 22.1. The van der Waals surface area contributed by atoms with Gasteiger partial charge in [-0.1, -0.05) is 29.3 Å². The van der Waals surface area contributed by atoms with E-state index in [2.05, 4.69) is 10.6 Å². The molecule has 0 saturated heterocycles. The van der Waals surface area contributed by atoms with Crippen LogP contribution in [0.1, 0.15) is 32.8 Å². The van der Waals surface area contributed by atoms with Gasteiger partial charge in [-0.3, -0.25) is 9.59 Å². The summed E-state index contributed by atoms with van der Waals surface area (Å²) in [6.45, 7) is 5.02. The quantitative estimate of drug-likeness (QED) is 0.680. The molecule has 1 aromatic carbocycles. The fraction of sp³-hybridized carbons (Fsp3) is 0.471. The van der Waals surface area contributed by atoms with Crippen LogP contribution in [0.3, 0.4) is 0 Å². The van der Waals surface area contributed by atoms with Gasteiger partial charge < -0.3 is 20.1 Å². The van der Waals surface area contributed by atoms with Crippen molar-refractivity contribution in [2.24, 2.45) is 0 Å². The average molecular weight is 405 g/mol. The zero-order valence-electron chi connectivity index (χ0n) is 14.9. The summed E-state index contributed by atoms with van der Waals surface area (Å²) in [5.41, 5.74) is 0.0765. The number of benzene rings is 1. The van der Waals surface area contributed by atoms with Gasteiger partial charge in [0, 0.05) is 23.1 Å². The highest BCUT2D eigenvalue weighted by Crippen LogP contribution is 2.20. The fourth-order valence-corrected chi connectivity index (χ4v) is 2.18. The number of hydrogen-bond acceptors (Lipinski definition) is 5. The van der Waals surface area contributed by atoms with Gasteiger partial charge in [0.25, 0.3) is 5.91 Å². The average Bonchev–Trinajstić information content (AvgIpc) is 2.50. The van der Waals surface area contributed by atoms with Crippen molar-refractivity contribution in [3.05, 3.63) is 33.8 Å². The Hall–Kier alpha value is -1.99. The molecule has 0 heterocycles. The number of ether oxygens (including phenoxy) is 2. The van der Waals surface area contributed by atoms with E-state index in [4.69, 9.17) is 32.7 Å². The predicted octanol–water partition coefficient (Wildman–Crippen LogP) is 3.07. The summed E-state index contributed by atoms with van der Waals surface area (Å²) < 4.78 is 9.85. The van der Waals surface area contributed by atoms with Gasteiger partial charge in [-0.25, -0.2) is 4.79 Å². The molecule has 9 heteroatoms. The molecule has 0 radical (unpaired) electrons. The summed E-state index contributed by atoms with van der Waals surface area (Å²) in [4.78, 5) is 34.6. The van der Waals surface area contributed by atoms with E-state index in [0.29, 0.717) is 15.6 Å². The Kier molecular flexibility index (Phi) is 8.68. The van der Waals surface area contributed by atoms with Gasteiger partial charge >= 0.3 is 12.1 Å². The first-order valence-corrected chi connectivity index (χ1v) is 8.65. The standard InChI is InChI=1S/C17H22Cl2N2O5/c1-17(2,3)26-16(24)20-7-6-15(23)25-10-14(22)21-9-11-4-5-12(18)8-13(11)19/h4-5,8H,6-7,9-10H2,1-3H3,(H,20,24)(H,21,22). The largest absolute Gasteiger partial charge is 0.456 e. The summed E-state index contributed by atoms with van der Waals surface area (Å²) in [6, 6.07) is 4.92. The molecule has 7 nitrogen and oxygen atoms in total. The number of carbonyl (C=O) groups excluding carboxylic acids is 3. The van der Waals surface area contributed by atoms with Crippen molar-refractivity contribution in [1.29, 1.82) is 0 Å². The highest BCUT2D eigenvalue weighted by molar-refractivity contribution is 6.35. The van der Waals surface area contributed by atoms with E-state index in [-0.39, 0.29) is 19.5 Å². The molecule has 0 saturated carbocycles. The maximum atomic E-state index is 11.7. The van der Waals surface area contributed by atoms with Crippen molar-refractivity contribution >= 4 is 41.2 Å². The van der Waals surface area contributed by atoms with E-state index in [0.717, 1.165) is 0 Å². The maximum absolute atomic E-state index is 11.7. The van der Waals surface area contributed by atoms with Gasteiger partial charge in [-0.05, 0) is 38.5 Å². The lowest BCUT2D eigenvalue weighted by molar-refractivity contribution is -0.148. The van der Waals surface area contributed by atoms with Crippen LogP contribution in [-0.2, 0) is 25.6 Å². The topological polar surface area (TPSA) is 93.7 Å². The van der Waals surface area contributed by atoms with Crippen LogP contribution in [0.5, 0.6) is 0 Å². The van der Waals surface area contributed by atoms with Gasteiger partial charge in [0.2, 0.25) is 0 Å². The highest BCUT2D eigenvalue weighted by Gasteiger charge is 2.16. The molecule has 2 N–H and O–H groups in total. The third-order valence-corrected chi connectivity index (χ3v) is 3.44. The molecular formula is C17H22Cl2N2O5. The lowest BCUT2D eigenvalue weighted by Crippen LogP contribution is -2.34. The third-order valence-electron chi connectivity index (χ3n) is 2.85. The summed E-state index contributed by atoms with van der Waals surface area (Å²) in [6.07, 6.45) is -0.696. The molecule has 0 aliphatic carbocycles. The minimum atomic E-state index is -0.622. The molecular weight excluding hydrogens is 383 g/mol. The van der Waals surface area contributed by atoms with Gasteiger partial charge in [0.15, 0.2) is 6.61 Å². The summed E-state index contributed by atoms with van der Waals surface area (Å²) >= 11 is 11.8. The van der Waals surface area contributed by atoms with Gasteiger partial charge in [-0.2, -0.15) is 0 Å². The molecule has 0 aliphatic rings. The molecule has 1 rings (SSSR count). The molecule has 0 unspecified atom stereocenters. The number of rotatable bonds is 7. The number of hydrogen-bond donors (Lipinski definition) is 2. The molecule has 0 aromatic heterocycles. The monoisotopic (exact) mass is 404 g/mol. The van der Waals surface area contributed by atoms with Crippen LogP contribution in [0.4, 0.5) is 4.79 Å². The second-order valence-electron chi connectivity index (χ2n) is 6.35. The van der Waals surface area contributed by atoms with Crippen molar-refractivity contribution in [2.75, 3.05) is 13.2 Å². The van der Waals surface area contributed by atoms with Crippen LogP contribution in [0.25, 0.3) is 0 Å². The van der Waals surface area contributed by atoms with Gasteiger partial charge in [0.1, 0.15) is 5.60 Å². The zero-order valence-corrected chi connectivity index (χ0v) is 16.4. The normalized spacial score (nSPS) is 10.8. The minimum absolute atomic E-state index is 0.0513. The summed E-state index contributed by atoms with van der Waals surface area (Å²) in [5, 5.41) is 5.94. The molecule has 1 aromatic rings. The number of halogens is 2. The lowest BCUT2D eigenvalue weighted by Gasteiger charge is -2.19. The van der Waals surface area contributed by atoms with Crippen LogP contribution in [0.15, 0.2) is 18.2 Å². The Morgan fingerprint density at radius 1 is 1.12 bits per heavy atom. The van der Waals surface area contributed by atoms with Crippen LogP contribution < -0.4 is 10.6 Å². The van der Waals surface area contributed by atoms with Crippen LogP contribution in [0, 0.1) is 0 Å². The molecule has 0 atom stereocenters. The smallest absolute Gasteiger partial charge is 0.407 e. The Morgan fingerprint density at radius 2 is 1.81 bits per heavy atom. The maximum Gasteiger partial charge on any atom is 0.407 e. The SMILES string of the molecule is CC(C)(C)OC(=O)NCCC(=O)OCC(=O)NCc1ccc(Cl)cc1Cl. The first-order chi connectivity index (χ1) is 12.1. The van der Waals surface area contributed by atoms with Gasteiger partial charge in [-0.15, -0.1) is 0 Å². The Labute approximate surface area is 162 Å². The lowest BCUT2D eigenvalue weighted by atomic mass is 10.2. The third kappa shape index (κ3) is 9.48. The van der Waals surface area contributed by atoms with Crippen molar-refractivity contribution < 1.29 is 23.9 Å². The second kappa shape index (κ2) is 10.2. The zero-order chi connectivity index (χ0) is 19.7. The number of amides is 2. The molecule has 2 amide bonds. The Balaban J connectivity index is 2.21. The fourth-order valence-electron chi connectivity index (χ4n) is 1.71. The van der Waals surface area contributed by atoms with E-state index in [1.165, 1.54) is 0 Å². The van der Waals surface area contributed by atoms with E-state index in [9.17, 15) is 14.4 Å². The molecule has 0 bridgehead atoms. The highest BCUT2D eigenvalue weighted by atomic mass is 35.5. The van der Waals surface area contributed by atoms with Crippen LogP contribution in [-0.4, -0.2) is 36.7 Å². The predicted molar refractivity (Wildman–Crippen MR) is 98.1 cm³/mol. The Morgan fingerprint density at radius 3 is 2.42 bits per heavy atom. The van der Waals surface area contributed by atoms with E-state index in [1.807, 2.05) is 0 Å². The van der Waals surface area contributed by atoms with Crippen molar-refractivity contribution in [3.63, 3.8) is 0 Å². The van der Waals surface area contributed by atoms with E-state index < -0.39 is 30.2 Å². The summed E-state index contributed by atoms with van der Waals surface area (Å²) in [5.74, 6) is -1.08. The van der Waals surface area contributed by atoms with E-state index >= 15 is 0 Å². The number of alkyl carbamates (subject to hydrolysis) is 1. The van der Waals surface area contributed by atoms with Gasteiger partial charge in [0.05, 0.1) is 6.42 Å². The molecule has 0 fully saturated rings. The minimum Gasteiger partial charge on any atom is -0.456 e. The van der Waals surface area contributed by atoms with Crippen molar-refractivity contribution in [3.8, 4) is 0 Å². The van der Waals surface area contributed by atoms with Crippen molar-refractivity contribution in [1.82, 2.24) is 10.6 Å². The Bertz CT molecular complexity index is 659. The first-order valence-electron chi connectivity index (χ1n) is 7.90. The molecule has 0 spiro atoms. The molecule has 0 aliphatic heterocycles. The van der Waals surface area contributed by atoms with E-state index in [1.54, 1.807) is 39.0 Å². The number of carbonyl (C=O) groups is 3. The second-order valence-corrected chi connectivity index (χ2v) is 7.20. The molecule has 144 valence electrons. The summed E-state index contributed by atoms with van der Waals surface area (Å²) in [7, 11) is 0. The van der Waals surface area contributed by atoms with Crippen LogP contribution >= 0.6 is 23.2 Å².